The Morgan fingerprint density at radius 1 is 1.26 bits per heavy atom. The Labute approximate surface area is 148 Å². The van der Waals surface area contributed by atoms with Gasteiger partial charge in [0.1, 0.15) is 5.01 Å². The lowest BCUT2D eigenvalue weighted by Gasteiger charge is -2.20. The predicted octanol–water partition coefficient (Wildman–Crippen LogP) is 5.37. The summed E-state index contributed by atoms with van der Waals surface area (Å²) >= 11 is 13.2. The summed E-state index contributed by atoms with van der Waals surface area (Å²) in [5, 5.41) is 13.4. The van der Waals surface area contributed by atoms with Gasteiger partial charge in [0.2, 0.25) is 0 Å². The molecule has 0 saturated carbocycles. The minimum Gasteiger partial charge on any atom is -0.375 e. The lowest BCUT2D eigenvalue weighted by molar-refractivity contribution is 0.148. The van der Waals surface area contributed by atoms with Gasteiger partial charge in [-0.2, -0.15) is 0 Å². The highest BCUT2D eigenvalue weighted by molar-refractivity contribution is 7.54. The smallest absolute Gasteiger partial charge is 0.365 e. The molecule has 0 saturated heterocycles. The zero-order chi connectivity index (χ0) is 17.0. The SMILES string of the molecule is CCOP(=O)(OCC)C(O)c1csc(-c2ccc(Cl)c(Cl)c2)n1. The zero-order valence-electron chi connectivity index (χ0n) is 12.5. The van der Waals surface area contributed by atoms with Crippen LogP contribution < -0.4 is 0 Å². The quantitative estimate of drug-likeness (QED) is 0.637. The molecule has 1 aromatic heterocycles. The second kappa shape index (κ2) is 8.08. The van der Waals surface area contributed by atoms with Gasteiger partial charge < -0.3 is 14.2 Å². The van der Waals surface area contributed by atoms with Crippen molar-refractivity contribution in [3.05, 3.63) is 39.3 Å². The Bertz CT molecular complexity index is 715. The molecule has 23 heavy (non-hydrogen) atoms. The van der Waals surface area contributed by atoms with Gasteiger partial charge in [0.15, 0.2) is 5.85 Å². The molecule has 2 aromatic rings. The summed E-state index contributed by atoms with van der Waals surface area (Å²) < 4.78 is 22.9. The summed E-state index contributed by atoms with van der Waals surface area (Å²) in [6.45, 7) is 3.69. The van der Waals surface area contributed by atoms with E-state index in [1.807, 2.05) is 0 Å². The van der Waals surface area contributed by atoms with E-state index in [0.29, 0.717) is 15.1 Å². The van der Waals surface area contributed by atoms with Crippen molar-refractivity contribution < 1.29 is 18.7 Å². The molecule has 0 fully saturated rings. The first-order valence-corrected chi connectivity index (χ1v) is 10.1. The molecule has 0 amide bonds. The molecule has 1 unspecified atom stereocenters. The normalized spacial score (nSPS) is 13.3. The lowest BCUT2D eigenvalue weighted by atomic mass is 10.2. The van der Waals surface area contributed by atoms with E-state index in [0.717, 1.165) is 5.56 Å². The highest BCUT2D eigenvalue weighted by Gasteiger charge is 2.37. The molecule has 0 aliphatic rings. The van der Waals surface area contributed by atoms with Crippen LogP contribution in [0.3, 0.4) is 0 Å². The van der Waals surface area contributed by atoms with E-state index in [-0.39, 0.29) is 18.9 Å². The van der Waals surface area contributed by atoms with Crippen molar-refractivity contribution in [1.82, 2.24) is 4.98 Å². The molecule has 0 spiro atoms. The number of aliphatic hydroxyl groups is 1. The van der Waals surface area contributed by atoms with Crippen molar-refractivity contribution in [2.45, 2.75) is 19.7 Å². The molecule has 0 aliphatic carbocycles. The summed E-state index contributed by atoms with van der Waals surface area (Å²) in [5.41, 5.74) is 0.992. The molecule has 1 heterocycles. The highest BCUT2D eigenvalue weighted by atomic mass is 35.5. The number of nitrogens with zero attached hydrogens (tertiary/aromatic N) is 1. The van der Waals surface area contributed by atoms with Gasteiger partial charge in [0.25, 0.3) is 0 Å². The number of benzene rings is 1. The van der Waals surface area contributed by atoms with Gasteiger partial charge in [0.05, 0.1) is 29.0 Å². The Balaban J connectivity index is 2.30. The Kier molecular flexibility index (Phi) is 6.63. The monoisotopic (exact) mass is 395 g/mol. The van der Waals surface area contributed by atoms with E-state index in [1.165, 1.54) is 11.3 Å². The topological polar surface area (TPSA) is 68.7 Å². The minimum atomic E-state index is -3.68. The van der Waals surface area contributed by atoms with Crippen LogP contribution in [0.4, 0.5) is 0 Å². The number of halogens is 2. The molecule has 2 rings (SSSR count). The van der Waals surface area contributed by atoms with Crippen LogP contribution in [0.15, 0.2) is 23.6 Å². The van der Waals surface area contributed by atoms with Crippen molar-refractivity contribution in [3.63, 3.8) is 0 Å². The van der Waals surface area contributed by atoms with Crippen LogP contribution in [0.5, 0.6) is 0 Å². The van der Waals surface area contributed by atoms with Crippen LogP contribution in [0, 0.1) is 0 Å². The van der Waals surface area contributed by atoms with Crippen molar-refractivity contribution in [2.75, 3.05) is 13.2 Å². The molecule has 1 atom stereocenters. The van der Waals surface area contributed by atoms with Crippen LogP contribution in [0.1, 0.15) is 25.4 Å². The largest absolute Gasteiger partial charge is 0.375 e. The van der Waals surface area contributed by atoms with Gasteiger partial charge in [-0.25, -0.2) is 4.98 Å². The van der Waals surface area contributed by atoms with E-state index in [4.69, 9.17) is 32.2 Å². The van der Waals surface area contributed by atoms with Crippen LogP contribution in [-0.2, 0) is 13.6 Å². The summed E-state index contributed by atoms with van der Waals surface area (Å²) in [6, 6.07) is 5.12. The average Bonchev–Trinajstić information content (AvgIpc) is 2.99. The fourth-order valence-electron chi connectivity index (χ4n) is 1.87. The fourth-order valence-corrected chi connectivity index (χ4v) is 4.63. The second-order valence-electron chi connectivity index (χ2n) is 4.46. The Morgan fingerprint density at radius 2 is 1.91 bits per heavy atom. The molecule has 0 bridgehead atoms. The first kappa shape index (κ1) is 18.9. The van der Waals surface area contributed by atoms with Crippen LogP contribution in [0.25, 0.3) is 10.6 Å². The molecule has 1 aromatic carbocycles. The number of thiazole rings is 1. The third-order valence-electron chi connectivity index (χ3n) is 2.87. The maximum atomic E-state index is 12.6. The van der Waals surface area contributed by atoms with Crippen LogP contribution >= 0.6 is 42.1 Å². The van der Waals surface area contributed by atoms with Crippen molar-refractivity contribution in [1.29, 1.82) is 0 Å². The van der Waals surface area contributed by atoms with Gasteiger partial charge in [-0.3, -0.25) is 4.57 Å². The standard InChI is InChI=1S/C14H16Cl2NO4PS/c1-3-20-22(19,21-4-2)14(18)12-8-23-13(17-12)9-5-6-10(15)11(16)7-9/h5-8,14,18H,3-4H2,1-2H3. The first-order valence-electron chi connectivity index (χ1n) is 6.89. The van der Waals surface area contributed by atoms with Gasteiger partial charge >= 0.3 is 7.60 Å². The van der Waals surface area contributed by atoms with Gasteiger partial charge in [-0.15, -0.1) is 11.3 Å². The summed E-state index contributed by atoms with van der Waals surface area (Å²) in [4.78, 5) is 4.32. The summed E-state index contributed by atoms with van der Waals surface area (Å²) in [7, 11) is -3.68. The Hall–Kier alpha value is -0.460. The zero-order valence-corrected chi connectivity index (χ0v) is 15.8. The number of hydrogen-bond acceptors (Lipinski definition) is 6. The molecule has 126 valence electrons. The number of hydrogen-bond donors (Lipinski definition) is 1. The van der Waals surface area contributed by atoms with E-state index in [9.17, 15) is 9.67 Å². The average molecular weight is 396 g/mol. The maximum absolute atomic E-state index is 12.6. The molecule has 1 N–H and O–H groups in total. The molecule has 9 heteroatoms. The van der Waals surface area contributed by atoms with Gasteiger partial charge in [-0.05, 0) is 26.0 Å². The number of aromatic nitrogens is 1. The predicted molar refractivity (Wildman–Crippen MR) is 93.4 cm³/mol. The van der Waals surface area contributed by atoms with E-state index in [1.54, 1.807) is 37.4 Å². The second-order valence-corrected chi connectivity index (χ2v) is 8.21. The molecule has 0 aliphatic heterocycles. The third-order valence-corrected chi connectivity index (χ3v) is 6.62. The third kappa shape index (κ3) is 4.34. The van der Waals surface area contributed by atoms with Crippen LogP contribution in [0.2, 0.25) is 10.0 Å². The first-order chi connectivity index (χ1) is 10.9. The van der Waals surface area contributed by atoms with Crippen molar-refractivity contribution in [2.24, 2.45) is 0 Å². The number of rotatable bonds is 7. The van der Waals surface area contributed by atoms with Crippen LogP contribution in [-0.4, -0.2) is 23.3 Å². The summed E-state index contributed by atoms with van der Waals surface area (Å²) in [5.74, 6) is -1.44. The fraction of sp³-hybridized carbons (Fsp3) is 0.357. The lowest BCUT2D eigenvalue weighted by Crippen LogP contribution is -2.06. The number of aliphatic hydroxyl groups excluding tert-OH is 1. The Morgan fingerprint density at radius 3 is 2.48 bits per heavy atom. The highest BCUT2D eigenvalue weighted by Crippen LogP contribution is 2.59. The van der Waals surface area contributed by atoms with Crippen molar-refractivity contribution >= 4 is 42.1 Å². The van der Waals surface area contributed by atoms with E-state index in [2.05, 4.69) is 4.98 Å². The van der Waals surface area contributed by atoms with Gasteiger partial charge in [0, 0.05) is 10.9 Å². The minimum absolute atomic E-state index is 0.165. The maximum Gasteiger partial charge on any atom is 0.365 e. The molecular formula is C14H16Cl2NO4PS. The van der Waals surface area contributed by atoms with Gasteiger partial charge in [-0.1, -0.05) is 29.3 Å². The van der Waals surface area contributed by atoms with Crippen molar-refractivity contribution in [3.8, 4) is 10.6 Å². The molecule has 5 nitrogen and oxygen atoms in total. The molecule has 0 radical (unpaired) electrons. The van der Waals surface area contributed by atoms with E-state index >= 15 is 0 Å². The summed E-state index contributed by atoms with van der Waals surface area (Å²) in [6.07, 6.45) is 0. The van der Waals surface area contributed by atoms with E-state index < -0.39 is 13.4 Å². The molecular weight excluding hydrogens is 380 g/mol.